The molecule has 2 aromatic rings. The predicted molar refractivity (Wildman–Crippen MR) is 58.5 cm³/mol. The molecule has 78 valence electrons. The van der Waals surface area contributed by atoms with E-state index in [0.717, 1.165) is 4.88 Å². The Morgan fingerprint density at radius 1 is 1.40 bits per heavy atom. The molecule has 0 unspecified atom stereocenters. The second kappa shape index (κ2) is 4.27. The van der Waals surface area contributed by atoms with Crippen molar-refractivity contribution in [3.63, 3.8) is 0 Å². The van der Waals surface area contributed by atoms with Crippen molar-refractivity contribution in [3.05, 3.63) is 45.3 Å². The molecule has 0 aliphatic heterocycles. The van der Waals surface area contributed by atoms with Gasteiger partial charge in [0.1, 0.15) is 6.61 Å². The number of benzene rings is 1. The van der Waals surface area contributed by atoms with Gasteiger partial charge in [-0.3, -0.25) is 0 Å². The van der Waals surface area contributed by atoms with E-state index < -0.39 is 5.09 Å². The summed E-state index contributed by atoms with van der Waals surface area (Å²) in [5, 5.41) is 10.4. The van der Waals surface area contributed by atoms with Gasteiger partial charge < -0.3 is 4.84 Å². The predicted octanol–water partition coefficient (Wildman–Crippen LogP) is 2.65. The monoisotopic (exact) mass is 223 g/mol. The van der Waals surface area contributed by atoms with Crippen molar-refractivity contribution in [1.82, 2.24) is 0 Å². The molecule has 0 atom stereocenters. The third-order valence-electron chi connectivity index (χ3n) is 2.02. The lowest BCUT2D eigenvalue weighted by atomic mass is 10.2. The molecule has 4 nitrogen and oxygen atoms in total. The highest BCUT2D eigenvalue weighted by atomic mass is 32.1. The van der Waals surface area contributed by atoms with Crippen molar-refractivity contribution in [3.8, 4) is 0 Å². The normalized spacial score (nSPS) is 10.4. The molecular formula is C10H9NO3S. The zero-order valence-corrected chi connectivity index (χ0v) is 8.70. The van der Waals surface area contributed by atoms with Crippen molar-refractivity contribution in [2.45, 2.75) is 6.42 Å². The Hall–Kier alpha value is -1.62. The first-order valence-electron chi connectivity index (χ1n) is 4.50. The van der Waals surface area contributed by atoms with Gasteiger partial charge in [0.05, 0.1) is 0 Å². The quantitative estimate of drug-likeness (QED) is 0.591. The Bertz CT molecular complexity index is 447. The average Bonchev–Trinajstić information content (AvgIpc) is 2.59. The van der Waals surface area contributed by atoms with Crippen LogP contribution in [0.5, 0.6) is 0 Å². The number of fused-ring (bicyclic) bond motifs is 1. The van der Waals surface area contributed by atoms with Crippen LogP contribution in [-0.4, -0.2) is 11.7 Å². The fraction of sp³-hybridized carbons (Fsp3) is 0.200. The molecule has 15 heavy (non-hydrogen) atoms. The highest BCUT2D eigenvalue weighted by Gasteiger charge is 2.02. The van der Waals surface area contributed by atoms with Crippen LogP contribution in [0.4, 0.5) is 0 Å². The van der Waals surface area contributed by atoms with Crippen molar-refractivity contribution in [2.24, 2.45) is 0 Å². The maximum absolute atomic E-state index is 9.95. The highest BCUT2D eigenvalue weighted by molar-refractivity contribution is 7.19. The van der Waals surface area contributed by atoms with E-state index in [9.17, 15) is 10.1 Å². The molecule has 0 N–H and O–H groups in total. The summed E-state index contributed by atoms with van der Waals surface area (Å²) < 4.78 is 1.20. The third-order valence-corrected chi connectivity index (χ3v) is 3.20. The van der Waals surface area contributed by atoms with Gasteiger partial charge >= 0.3 is 0 Å². The van der Waals surface area contributed by atoms with Crippen molar-refractivity contribution in [2.75, 3.05) is 6.61 Å². The van der Waals surface area contributed by atoms with Crippen LogP contribution in [-0.2, 0) is 11.3 Å². The van der Waals surface area contributed by atoms with Crippen LogP contribution < -0.4 is 0 Å². The minimum absolute atomic E-state index is 0.125. The van der Waals surface area contributed by atoms with Gasteiger partial charge in [-0.25, -0.2) is 0 Å². The van der Waals surface area contributed by atoms with Crippen LogP contribution in [0, 0.1) is 10.1 Å². The lowest BCUT2D eigenvalue weighted by Gasteiger charge is -1.94. The van der Waals surface area contributed by atoms with E-state index in [4.69, 9.17) is 0 Å². The van der Waals surface area contributed by atoms with Gasteiger partial charge in [-0.1, -0.05) is 18.2 Å². The van der Waals surface area contributed by atoms with Gasteiger partial charge in [0.25, 0.3) is 5.09 Å². The van der Waals surface area contributed by atoms with Gasteiger partial charge in [-0.15, -0.1) is 21.5 Å². The van der Waals surface area contributed by atoms with Gasteiger partial charge in [0.2, 0.25) is 0 Å². The van der Waals surface area contributed by atoms with Crippen LogP contribution in [0.25, 0.3) is 10.1 Å². The Morgan fingerprint density at radius 2 is 2.20 bits per heavy atom. The van der Waals surface area contributed by atoms with Crippen LogP contribution >= 0.6 is 11.3 Å². The summed E-state index contributed by atoms with van der Waals surface area (Å²) in [7, 11) is 0. The standard InChI is InChI=1S/C10H9NO3S/c12-11(13)14-6-5-9-7-8-3-1-2-4-10(8)15-9/h1-4,7H,5-6H2. The maximum Gasteiger partial charge on any atom is 0.294 e. The van der Waals surface area contributed by atoms with Gasteiger partial charge in [0, 0.05) is 16.0 Å². The first-order valence-corrected chi connectivity index (χ1v) is 5.32. The van der Waals surface area contributed by atoms with E-state index >= 15 is 0 Å². The molecule has 0 fully saturated rings. The topological polar surface area (TPSA) is 52.4 Å². The van der Waals surface area contributed by atoms with Crippen molar-refractivity contribution < 1.29 is 9.92 Å². The van der Waals surface area contributed by atoms with Gasteiger partial charge in [-0.05, 0) is 17.5 Å². The summed E-state index contributed by atoms with van der Waals surface area (Å²) in [6, 6.07) is 10.1. The minimum atomic E-state index is -0.757. The molecule has 0 aliphatic rings. The molecule has 5 heteroatoms. The van der Waals surface area contributed by atoms with Crippen LogP contribution in [0.15, 0.2) is 30.3 Å². The Kier molecular flexibility index (Phi) is 2.82. The summed E-state index contributed by atoms with van der Waals surface area (Å²) in [6.07, 6.45) is 0.584. The van der Waals surface area contributed by atoms with E-state index in [1.165, 1.54) is 10.1 Å². The molecule has 0 radical (unpaired) electrons. The lowest BCUT2D eigenvalue weighted by Crippen LogP contribution is -2.03. The SMILES string of the molecule is O=[N+]([O-])OCCc1cc2ccccc2s1. The maximum atomic E-state index is 9.95. The zero-order valence-electron chi connectivity index (χ0n) is 7.88. The summed E-state index contributed by atoms with van der Waals surface area (Å²) in [6.45, 7) is 0.125. The molecule has 1 aromatic heterocycles. The lowest BCUT2D eigenvalue weighted by molar-refractivity contribution is -0.757. The largest absolute Gasteiger partial charge is 0.314 e. The summed E-state index contributed by atoms with van der Waals surface area (Å²) in [5.41, 5.74) is 0. The first kappa shape index (κ1) is 9.92. The molecule has 0 saturated heterocycles. The number of hydrogen-bond acceptors (Lipinski definition) is 4. The molecule has 0 spiro atoms. The molecule has 0 aliphatic carbocycles. The van der Waals surface area contributed by atoms with Crippen molar-refractivity contribution in [1.29, 1.82) is 0 Å². The van der Waals surface area contributed by atoms with Crippen LogP contribution in [0.2, 0.25) is 0 Å². The van der Waals surface area contributed by atoms with E-state index in [0.29, 0.717) is 6.42 Å². The molecule has 1 aromatic carbocycles. The van der Waals surface area contributed by atoms with E-state index in [2.05, 4.69) is 4.84 Å². The number of nitrogens with zero attached hydrogens (tertiary/aromatic N) is 1. The van der Waals surface area contributed by atoms with E-state index in [-0.39, 0.29) is 6.61 Å². The van der Waals surface area contributed by atoms with Gasteiger partial charge in [-0.2, -0.15) is 0 Å². The summed E-state index contributed by atoms with van der Waals surface area (Å²) in [4.78, 5) is 15.3. The fourth-order valence-electron chi connectivity index (χ4n) is 1.38. The number of hydrogen-bond donors (Lipinski definition) is 0. The third kappa shape index (κ3) is 2.44. The number of rotatable bonds is 4. The first-order chi connectivity index (χ1) is 7.25. The second-order valence-electron chi connectivity index (χ2n) is 3.06. The van der Waals surface area contributed by atoms with E-state index in [1.54, 1.807) is 11.3 Å². The second-order valence-corrected chi connectivity index (χ2v) is 4.23. The van der Waals surface area contributed by atoms with Crippen LogP contribution in [0.1, 0.15) is 4.88 Å². The van der Waals surface area contributed by atoms with Gasteiger partial charge in [0.15, 0.2) is 0 Å². The minimum Gasteiger partial charge on any atom is -0.314 e. The molecule has 1 heterocycles. The molecular weight excluding hydrogens is 214 g/mol. The van der Waals surface area contributed by atoms with Crippen LogP contribution in [0.3, 0.4) is 0 Å². The average molecular weight is 223 g/mol. The highest BCUT2D eigenvalue weighted by Crippen LogP contribution is 2.25. The number of thiophene rings is 1. The fourth-order valence-corrected chi connectivity index (χ4v) is 2.43. The molecule has 0 bridgehead atoms. The zero-order chi connectivity index (χ0) is 10.7. The Balaban J connectivity index is 2.05. The summed E-state index contributed by atoms with van der Waals surface area (Å²) >= 11 is 1.65. The molecule has 0 saturated carbocycles. The molecule has 0 amide bonds. The van der Waals surface area contributed by atoms with Crippen molar-refractivity contribution >= 4 is 21.4 Å². The smallest absolute Gasteiger partial charge is 0.294 e. The Labute approximate surface area is 90.2 Å². The Morgan fingerprint density at radius 3 is 2.93 bits per heavy atom. The van der Waals surface area contributed by atoms with E-state index in [1.807, 2.05) is 30.3 Å². The summed E-state index contributed by atoms with van der Waals surface area (Å²) in [5.74, 6) is 0. The molecule has 2 rings (SSSR count).